The number of nitrogens with two attached hydrogens (primary N) is 1. The van der Waals surface area contributed by atoms with Gasteiger partial charge in [-0.3, -0.25) is 0 Å². The molecule has 2 rings (SSSR count). The van der Waals surface area contributed by atoms with E-state index in [4.69, 9.17) is 5.73 Å². The van der Waals surface area contributed by atoms with Gasteiger partial charge in [0.2, 0.25) is 10.0 Å². The highest BCUT2D eigenvalue weighted by Crippen LogP contribution is 2.36. The van der Waals surface area contributed by atoms with Crippen LogP contribution in [0.2, 0.25) is 0 Å². The maximum absolute atomic E-state index is 12.2. The summed E-state index contributed by atoms with van der Waals surface area (Å²) in [6.45, 7) is 4.37. The van der Waals surface area contributed by atoms with Crippen LogP contribution in [0.5, 0.6) is 0 Å². The van der Waals surface area contributed by atoms with Crippen molar-refractivity contribution in [2.24, 2.45) is 0 Å². The average Bonchev–Trinajstić information content (AvgIpc) is 2.79. The van der Waals surface area contributed by atoms with Gasteiger partial charge in [0.1, 0.15) is 0 Å². The minimum atomic E-state index is -3.44. The number of sulfonamides is 1. The lowest BCUT2D eigenvalue weighted by Crippen LogP contribution is -2.34. The van der Waals surface area contributed by atoms with Crippen molar-refractivity contribution in [1.29, 1.82) is 0 Å². The second-order valence-electron chi connectivity index (χ2n) is 5.90. The molecule has 0 saturated carbocycles. The van der Waals surface area contributed by atoms with Gasteiger partial charge in [-0.2, -0.15) is 0 Å². The Hall–Kier alpha value is -1.27. The van der Waals surface area contributed by atoms with Crippen LogP contribution in [0, 0.1) is 0 Å². The van der Waals surface area contributed by atoms with Crippen LogP contribution in [0.25, 0.3) is 0 Å². The molecule has 118 valence electrons. The summed E-state index contributed by atoms with van der Waals surface area (Å²) in [7, 11) is -0.392. The maximum Gasteiger partial charge on any atom is 0.242 e. The summed E-state index contributed by atoms with van der Waals surface area (Å²) in [6, 6.07) is 5.99. The molecule has 2 unspecified atom stereocenters. The van der Waals surface area contributed by atoms with Crippen LogP contribution < -0.4 is 10.6 Å². The van der Waals surface area contributed by atoms with E-state index in [2.05, 4.69) is 18.7 Å². The predicted octanol–water partition coefficient (Wildman–Crippen LogP) is 2.29. The smallest absolute Gasteiger partial charge is 0.242 e. The molecule has 1 heterocycles. The predicted molar refractivity (Wildman–Crippen MR) is 87.0 cm³/mol. The van der Waals surface area contributed by atoms with Crippen LogP contribution in [0.1, 0.15) is 33.1 Å². The van der Waals surface area contributed by atoms with Crippen molar-refractivity contribution in [1.82, 2.24) is 4.31 Å². The second kappa shape index (κ2) is 5.85. The van der Waals surface area contributed by atoms with Crippen molar-refractivity contribution in [3.05, 3.63) is 18.2 Å². The number of nitrogens with zero attached hydrogens (tertiary/aromatic N) is 2. The lowest BCUT2D eigenvalue weighted by molar-refractivity contribution is 0.521. The molecule has 5 nitrogen and oxygen atoms in total. The zero-order valence-electron chi connectivity index (χ0n) is 13.2. The van der Waals surface area contributed by atoms with Crippen LogP contribution in [-0.4, -0.2) is 38.9 Å². The summed E-state index contributed by atoms with van der Waals surface area (Å²) in [5, 5.41) is 0. The van der Waals surface area contributed by atoms with Crippen molar-refractivity contribution < 1.29 is 8.42 Å². The van der Waals surface area contributed by atoms with Crippen molar-refractivity contribution in [2.45, 2.75) is 50.1 Å². The highest BCUT2D eigenvalue weighted by atomic mass is 32.2. The number of rotatable bonds is 4. The largest absolute Gasteiger partial charge is 0.397 e. The number of anilines is 2. The molecule has 1 fully saturated rings. The summed E-state index contributed by atoms with van der Waals surface area (Å²) < 4.78 is 25.5. The fourth-order valence-electron chi connectivity index (χ4n) is 3.05. The molecular formula is C15H25N3O2S. The van der Waals surface area contributed by atoms with Crippen LogP contribution in [0.4, 0.5) is 11.4 Å². The molecule has 0 aromatic heterocycles. The molecule has 2 N–H and O–H groups in total. The Morgan fingerprint density at radius 2 is 2.00 bits per heavy atom. The third-order valence-corrected chi connectivity index (χ3v) is 6.12. The van der Waals surface area contributed by atoms with Crippen molar-refractivity contribution in [3.8, 4) is 0 Å². The summed E-state index contributed by atoms with van der Waals surface area (Å²) >= 11 is 0. The van der Waals surface area contributed by atoms with Gasteiger partial charge < -0.3 is 10.6 Å². The summed E-state index contributed by atoms with van der Waals surface area (Å²) in [5.74, 6) is 0. The molecule has 2 atom stereocenters. The number of benzene rings is 1. The summed E-state index contributed by atoms with van der Waals surface area (Å²) in [4.78, 5) is 2.58. The van der Waals surface area contributed by atoms with Gasteiger partial charge in [-0.1, -0.05) is 6.92 Å². The minimum absolute atomic E-state index is 0.244. The standard InChI is InChI=1S/C15H25N3O2S/c1-5-12-7-6-11(2)18(12)15-9-8-13(10-14(15)16)21(19,20)17(3)4/h8-12H,5-7,16H2,1-4H3. The van der Waals surface area contributed by atoms with Gasteiger partial charge >= 0.3 is 0 Å². The fourth-order valence-corrected chi connectivity index (χ4v) is 3.98. The zero-order valence-corrected chi connectivity index (χ0v) is 14.0. The quantitative estimate of drug-likeness (QED) is 0.866. The minimum Gasteiger partial charge on any atom is -0.397 e. The number of hydrogen-bond acceptors (Lipinski definition) is 4. The molecule has 0 radical (unpaired) electrons. The van der Waals surface area contributed by atoms with E-state index in [1.54, 1.807) is 12.1 Å². The molecule has 6 heteroatoms. The Morgan fingerprint density at radius 3 is 2.52 bits per heavy atom. The molecule has 0 bridgehead atoms. The Bertz CT molecular complexity index is 613. The molecule has 1 saturated heterocycles. The van der Waals surface area contributed by atoms with E-state index in [1.165, 1.54) is 18.4 Å². The Morgan fingerprint density at radius 1 is 1.33 bits per heavy atom. The molecule has 21 heavy (non-hydrogen) atoms. The Labute approximate surface area is 127 Å². The van der Waals surface area contributed by atoms with E-state index in [0.717, 1.165) is 24.9 Å². The van der Waals surface area contributed by atoms with E-state index in [-0.39, 0.29) is 4.90 Å². The third-order valence-electron chi connectivity index (χ3n) is 4.31. The first-order valence-corrected chi connectivity index (χ1v) is 8.83. The number of nitrogen functional groups attached to an aromatic ring is 1. The highest BCUT2D eigenvalue weighted by molar-refractivity contribution is 7.89. The van der Waals surface area contributed by atoms with E-state index in [1.807, 2.05) is 6.07 Å². The van der Waals surface area contributed by atoms with Gasteiger partial charge in [-0.05, 0) is 44.4 Å². The van der Waals surface area contributed by atoms with Gasteiger partial charge in [0, 0.05) is 26.2 Å². The molecule has 1 aromatic rings. The molecule has 1 aromatic carbocycles. The van der Waals surface area contributed by atoms with Crippen LogP contribution >= 0.6 is 0 Å². The average molecular weight is 311 g/mol. The topological polar surface area (TPSA) is 66.6 Å². The number of hydrogen-bond donors (Lipinski definition) is 1. The van der Waals surface area contributed by atoms with Gasteiger partial charge in [0.25, 0.3) is 0 Å². The molecule has 0 amide bonds. The third kappa shape index (κ3) is 2.87. The van der Waals surface area contributed by atoms with E-state index in [0.29, 0.717) is 17.8 Å². The fraction of sp³-hybridized carbons (Fsp3) is 0.600. The highest BCUT2D eigenvalue weighted by Gasteiger charge is 2.31. The Balaban J connectivity index is 2.41. The zero-order chi connectivity index (χ0) is 15.8. The maximum atomic E-state index is 12.2. The molecule has 0 aliphatic carbocycles. The van der Waals surface area contributed by atoms with Crippen molar-refractivity contribution in [2.75, 3.05) is 24.7 Å². The normalized spacial score (nSPS) is 23.0. The first kappa shape index (κ1) is 16.1. The van der Waals surface area contributed by atoms with Gasteiger partial charge in [0.15, 0.2) is 0 Å². The molecule has 1 aliphatic heterocycles. The summed E-state index contributed by atoms with van der Waals surface area (Å²) in [6.07, 6.45) is 3.38. The van der Waals surface area contributed by atoms with Gasteiger partial charge in [0.05, 0.1) is 16.3 Å². The van der Waals surface area contributed by atoms with Crippen LogP contribution in [0.15, 0.2) is 23.1 Å². The first-order chi connectivity index (χ1) is 9.78. The first-order valence-electron chi connectivity index (χ1n) is 7.39. The van der Waals surface area contributed by atoms with Crippen molar-refractivity contribution >= 4 is 21.4 Å². The summed E-state index contributed by atoms with van der Waals surface area (Å²) in [5.41, 5.74) is 7.63. The van der Waals surface area contributed by atoms with Crippen molar-refractivity contribution in [3.63, 3.8) is 0 Å². The lowest BCUT2D eigenvalue weighted by atomic mass is 10.1. The van der Waals surface area contributed by atoms with E-state index in [9.17, 15) is 8.42 Å². The molecule has 0 spiro atoms. The van der Waals surface area contributed by atoms with Crippen LogP contribution in [-0.2, 0) is 10.0 Å². The van der Waals surface area contributed by atoms with E-state index >= 15 is 0 Å². The van der Waals surface area contributed by atoms with Crippen LogP contribution in [0.3, 0.4) is 0 Å². The van der Waals surface area contributed by atoms with Gasteiger partial charge in [-0.15, -0.1) is 0 Å². The Kier molecular flexibility index (Phi) is 4.49. The lowest BCUT2D eigenvalue weighted by Gasteiger charge is -2.31. The SMILES string of the molecule is CCC1CCC(C)N1c1ccc(S(=O)(=O)N(C)C)cc1N. The van der Waals surface area contributed by atoms with E-state index < -0.39 is 10.0 Å². The molecule has 1 aliphatic rings. The van der Waals surface area contributed by atoms with Gasteiger partial charge in [-0.25, -0.2) is 12.7 Å². The second-order valence-corrected chi connectivity index (χ2v) is 8.06. The monoisotopic (exact) mass is 311 g/mol. The molecular weight excluding hydrogens is 286 g/mol.